The molecule has 3 aromatic carbocycles. The largest absolute Gasteiger partial charge is 3.00 e. The molecule has 0 aliphatic rings. The van der Waals surface area contributed by atoms with Crippen LogP contribution >= 0.6 is 0 Å². The van der Waals surface area contributed by atoms with Crippen molar-refractivity contribution in [2.24, 2.45) is 0 Å². The first-order chi connectivity index (χ1) is 23.4. The van der Waals surface area contributed by atoms with Crippen molar-refractivity contribution in [3.8, 4) is 51.0 Å². The molecule has 0 bridgehead atoms. The maximum absolute atomic E-state index is 11.4. The van der Waals surface area contributed by atoms with E-state index < -0.39 is 5.97 Å². The van der Waals surface area contributed by atoms with Gasteiger partial charge in [0.15, 0.2) is 0 Å². The van der Waals surface area contributed by atoms with Gasteiger partial charge in [-0.1, -0.05) is 91.0 Å². The molecular weight excluding hydrogens is 809 g/mol. The number of nitrogens with zero attached hydrogens (tertiary/aromatic N) is 6. The number of carbonyl (C=O) groups excluding carboxylic acids is 1. The molecule has 17 heteroatoms. The SMILES string of the molecule is CC(=O)[O-].CCO.CCO.Cc1cc(-c2ccccc2[O-])[n-]n1.Cc1cc(-c2ccccc2[O-])[n-]n1.Cc1cc(-c2ccccc2[O-])[n-]n1.[Mn+3].[Mn+3].[Mn+3].[O-2]. The standard InChI is InChI=1S/3C10H9N2O.C2H4O2.2C2H6O.3Mn.O/c3*1-7-6-9(12-11-7)8-4-2-3-5-10(8)13;1-2(3)4;2*1-2-3;;;;/h3*2-6H,1H3,(H-,11,12,13);1H3,(H,3,4);2*3H,2H2,1H3;;;;/q3*-1;;;;3*+3;-2/p-4. The summed E-state index contributed by atoms with van der Waals surface area (Å²) < 4.78 is 0. The van der Waals surface area contributed by atoms with Gasteiger partial charge < -0.3 is 71.5 Å². The van der Waals surface area contributed by atoms with E-state index in [1.54, 1.807) is 68.4 Å². The van der Waals surface area contributed by atoms with Gasteiger partial charge in [0, 0.05) is 36.3 Å². The molecule has 53 heavy (non-hydrogen) atoms. The Hall–Kier alpha value is -4.40. The van der Waals surface area contributed by atoms with Gasteiger partial charge in [-0.05, 0) is 58.2 Å². The Kier molecular flexibility index (Phi) is 32.5. The van der Waals surface area contributed by atoms with Crippen molar-refractivity contribution in [1.29, 1.82) is 0 Å². The van der Waals surface area contributed by atoms with E-state index in [0.717, 1.165) is 24.0 Å². The number of aliphatic carboxylic acids is 1. The van der Waals surface area contributed by atoms with Gasteiger partial charge in [-0.3, -0.25) is 0 Å². The molecule has 282 valence electrons. The van der Waals surface area contributed by atoms with Gasteiger partial charge >= 0.3 is 51.2 Å². The van der Waals surface area contributed by atoms with Crippen molar-refractivity contribution in [2.75, 3.05) is 13.2 Å². The fraction of sp³-hybridized carbons (Fsp3) is 0.222. The first kappa shape index (κ1) is 55.4. The number of carbonyl (C=O) groups is 1. The zero-order chi connectivity index (χ0) is 36.8. The van der Waals surface area contributed by atoms with E-state index in [1.807, 2.05) is 39.0 Å². The number of rotatable bonds is 3. The molecule has 0 spiro atoms. The molecule has 0 atom stereocenters. The third kappa shape index (κ3) is 21.7. The predicted octanol–water partition coefficient (Wildman–Crippen LogP) is 1.89. The Morgan fingerprint density at radius 1 is 0.566 bits per heavy atom. The fourth-order valence-corrected chi connectivity index (χ4v) is 3.59. The molecular formula is C36H39Mn3N6O8. The van der Waals surface area contributed by atoms with E-state index in [4.69, 9.17) is 20.1 Å². The summed E-state index contributed by atoms with van der Waals surface area (Å²) in [6.07, 6.45) is 0. The van der Waals surface area contributed by atoms with Crippen LogP contribution in [0, 0.1) is 20.8 Å². The fourth-order valence-electron chi connectivity index (χ4n) is 3.59. The van der Waals surface area contributed by atoms with Gasteiger partial charge in [0.1, 0.15) is 0 Å². The van der Waals surface area contributed by atoms with E-state index in [2.05, 4.69) is 30.6 Å². The number of aromatic nitrogens is 6. The predicted molar refractivity (Wildman–Crippen MR) is 178 cm³/mol. The van der Waals surface area contributed by atoms with Crippen molar-refractivity contribution in [3.63, 3.8) is 0 Å². The Balaban J connectivity index is -0.000000292. The van der Waals surface area contributed by atoms with Gasteiger partial charge in [-0.15, -0.1) is 34.3 Å². The summed E-state index contributed by atoms with van der Waals surface area (Å²) in [5.41, 5.74) is 6.30. The Morgan fingerprint density at radius 3 is 0.906 bits per heavy atom. The van der Waals surface area contributed by atoms with Crippen molar-refractivity contribution in [2.45, 2.75) is 41.5 Å². The number of hydrogen-bond donors (Lipinski definition) is 2. The molecule has 3 heterocycles. The monoisotopic (exact) mass is 848 g/mol. The number of carboxylic acids is 1. The topological polar surface area (TPSA) is 259 Å². The smallest absolute Gasteiger partial charge is 2.00 e. The van der Waals surface area contributed by atoms with Crippen molar-refractivity contribution in [3.05, 3.63) is 108 Å². The van der Waals surface area contributed by atoms with Gasteiger partial charge in [0.2, 0.25) is 0 Å². The zero-order valence-electron chi connectivity index (χ0n) is 29.7. The molecule has 3 aromatic heterocycles. The van der Waals surface area contributed by atoms with Crippen LogP contribution in [0.1, 0.15) is 37.9 Å². The molecule has 6 aromatic rings. The van der Waals surface area contributed by atoms with E-state index in [-0.39, 0.29) is 87.1 Å². The maximum Gasteiger partial charge on any atom is 3.00 e. The summed E-state index contributed by atoms with van der Waals surface area (Å²) in [4.78, 5) is 8.89. The number of benzene rings is 3. The van der Waals surface area contributed by atoms with Crippen LogP contribution in [0.5, 0.6) is 17.2 Å². The molecule has 0 aliphatic carbocycles. The summed E-state index contributed by atoms with van der Waals surface area (Å²) in [5.74, 6) is -1.12. The van der Waals surface area contributed by atoms with Crippen molar-refractivity contribution in [1.82, 2.24) is 30.6 Å². The Labute approximate surface area is 340 Å². The molecule has 6 rings (SSSR count). The minimum Gasteiger partial charge on any atom is -2.00 e. The van der Waals surface area contributed by atoms with Crippen LogP contribution in [0.25, 0.3) is 33.8 Å². The van der Waals surface area contributed by atoms with Crippen LogP contribution in [0.2, 0.25) is 0 Å². The van der Waals surface area contributed by atoms with Crippen molar-refractivity contribution >= 4 is 5.97 Å². The van der Waals surface area contributed by atoms with Crippen LogP contribution in [-0.4, -0.2) is 44.7 Å². The average Bonchev–Trinajstić information content (AvgIpc) is 3.80. The molecule has 14 nitrogen and oxygen atoms in total. The molecule has 0 fully saturated rings. The van der Waals surface area contributed by atoms with Crippen LogP contribution in [0.3, 0.4) is 0 Å². The molecule has 0 amide bonds. The van der Waals surface area contributed by atoms with Gasteiger partial charge in [-0.2, -0.15) is 0 Å². The Bertz CT molecular complexity index is 1610. The molecule has 0 radical (unpaired) electrons. The van der Waals surface area contributed by atoms with Gasteiger partial charge in [0.25, 0.3) is 0 Å². The van der Waals surface area contributed by atoms with Crippen LogP contribution in [-0.2, 0) is 61.5 Å². The van der Waals surface area contributed by atoms with Crippen LogP contribution in [0.4, 0.5) is 0 Å². The minimum atomic E-state index is -1.08. The second-order valence-electron chi connectivity index (χ2n) is 9.73. The summed E-state index contributed by atoms with van der Waals surface area (Å²) in [7, 11) is 0. The summed E-state index contributed by atoms with van der Waals surface area (Å²) in [6, 6.07) is 25.9. The molecule has 0 saturated carbocycles. The second kappa shape index (κ2) is 31.2. The minimum absolute atomic E-state index is 0. The summed E-state index contributed by atoms with van der Waals surface area (Å²) in [5, 5.41) is 81.3. The zero-order valence-corrected chi connectivity index (χ0v) is 33.3. The number of aryl methyl sites for hydroxylation is 3. The van der Waals surface area contributed by atoms with Gasteiger partial charge in [-0.25, -0.2) is 0 Å². The first-order valence-electron chi connectivity index (χ1n) is 15.0. The third-order valence-electron chi connectivity index (χ3n) is 5.47. The normalized spacial score (nSPS) is 8.68. The van der Waals surface area contributed by atoms with Gasteiger partial charge in [0.05, 0.1) is 0 Å². The molecule has 0 saturated heterocycles. The summed E-state index contributed by atoms with van der Waals surface area (Å²) in [6.45, 7) is 10.4. The third-order valence-corrected chi connectivity index (χ3v) is 5.47. The van der Waals surface area contributed by atoms with Crippen molar-refractivity contribution < 1.29 is 92.1 Å². The number of hydrogen-bond acceptors (Lipinski definition) is 10. The molecule has 0 aliphatic heterocycles. The van der Waals surface area contributed by atoms with Crippen LogP contribution in [0.15, 0.2) is 91.0 Å². The number of para-hydroxylation sites is 3. The summed E-state index contributed by atoms with van der Waals surface area (Å²) >= 11 is 0. The number of aliphatic hydroxyl groups is 2. The number of carboxylic acid groups (broad SMARTS) is 1. The van der Waals surface area contributed by atoms with Crippen LogP contribution < -0.4 is 35.7 Å². The first-order valence-corrected chi connectivity index (χ1v) is 15.0. The maximum atomic E-state index is 11.4. The molecule has 0 unspecified atom stereocenters. The van der Waals surface area contributed by atoms with E-state index >= 15 is 0 Å². The Morgan fingerprint density at radius 2 is 0.755 bits per heavy atom. The van der Waals surface area contributed by atoms with E-state index in [9.17, 15) is 15.3 Å². The quantitative estimate of drug-likeness (QED) is 0.242. The second-order valence-corrected chi connectivity index (χ2v) is 9.73. The number of aliphatic hydroxyl groups excluding tert-OH is 2. The molecule has 2 N–H and O–H groups in total. The average molecular weight is 849 g/mol. The van der Waals surface area contributed by atoms with E-state index in [0.29, 0.717) is 33.8 Å². The van der Waals surface area contributed by atoms with E-state index in [1.165, 1.54) is 18.2 Å².